The molecule has 16 heteroatoms. The Labute approximate surface area is 198 Å². The van der Waals surface area contributed by atoms with Crippen LogP contribution >= 0.6 is 0 Å². The Morgan fingerprint density at radius 3 is 2.23 bits per heavy atom. The second-order valence-electron chi connectivity index (χ2n) is 9.50. The van der Waals surface area contributed by atoms with Crippen molar-refractivity contribution in [3.8, 4) is 0 Å². The van der Waals surface area contributed by atoms with Crippen LogP contribution in [0.2, 0.25) is 0 Å². The fourth-order valence-corrected chi connectivity index (χ4v) is 8.04. The van der Waals surface area contributed by atoms with E-state index in [9.17, 15) is 44.0 Å². The average Bonchev–Trinajstić information content (AvgIpc) is 3.37. The van der Waals surface area contributed by atoms with Crippen LogP contribution in [0.5, 0.6) is 0 Å². The minimum absolute atomic E-state index is 0.142. The minimum atomic E-state index is -6.41. The van der Waals surface area contributed by atoms with Gasteiger partial charge in [-0.3, -0.25) is 18.3 Å². The van der Waals surface area contributed by atoms with E-state index < -0.39 is 85.7 Å². The molecule has 0 spiro atoms. The molecule has 10 nitrogen and oxygen atoms in total. The van der Waals surface area contributed by atoms with Gasteiger partial charge in [-0.25, -0.2) is 0 Å². The highest BCUT2D eigenvalue weighted by Crippen LogP contribution is 2.55. The number of carbonyl (C=O) groups excluding carboxylic acids is 2. The third kappa shape index (κ3) is 4.55. The number of ether oxygens (including phenoxy) is 2. The number of carbonyl (C=O) groups is 2. The van der Waals surface area contributed by atoms with Crippen LogP contribution in [0.25, 0.3) is 0 Å². The van der Waals surface area contributed by atoms with Gasteiger partial charge >= 0.3 is 33.2 Å². The number of halogens is 4. The summed E-state index contributed by atoms with van der Waals surface area (Å²) in [7, 11) is -10.1. The maximum Gasteiger partial charge on any atom is 0.431 e. The molecule has 2 bridgehead atoms. The van der Waals surface area contributed by atoms with Gasteiger partial charge in [-0.1, -0.05) is 12.8 Å². The zero-order valence-corrected chi connectivity index (χ0v) is 19.8. The quantitative estimate of drug-likeness (QED) is 0.205. The summed E-state index contributed by atoms with van der Waals surface area (Å²) in [4.78, 5) is 25.4. The van der Waals surface area contributed by atoms with Crippen molar-refractivity contribution in [3.05, 3.63) is 0 Å². The molecule has 7 unspecified atom stereocenters. The average molecular weight is 553 g/mol. The summed E-state index contributed by atoms with van der Waals surface area (Å²) < 4.78 is 123. The summed E-state index contributed by atoms with van der Waals surface area (Å²) >= 11 is 0. The maximum atomic E-state index is 13.6. The number of hydrogen-bond donors (Lipinski definition) is 1. The van der Waals surface area contributed by atoms with Crippen LogP contribution in [0, 0.1) is 23.7 Å². The second kappa shape index (κ2) is 8.80. The van der Waals surface area contributed by atoms with E-state index in [1.807, 2.05) is 0 Å². The molecule has 35 heavy (non-hydrogen) atoms. The van der Waals surface area contributed by atoms with Crippen molar-refractivity contribution in [1.29, 1.82) is 0 Å². The van der Waals surface area contributed by atoms with Gasteiger partial charge in [-0.05, 0) is 25.7 Å². The molecule has 1 saturated heterocycles. The molecule has 0 amide bonds. The van der Waals surface area contributed by atoms with Crippen LogP contribution in [0.4, 0.5) is 17.6 Å². The molecular weight excluding hydrogens is 528 g/mol. The van der Waals surface area contributed by atoms with Crippen molar-refractivity contribution in [3.63, 3.8) is 0 Å². The highest BCUT2D eigenvalue weighted by molar-refractivity contribution is 7.87. The lowest BCUT2D eigenvalue weighted by molar-refractivity contribution is -0.180. The fraction of sp³-hybridized carbons (Fsp3) is 0.895. The van der Waals surface area contributed by atoms with E-state index in [2.05, 4.69) is 4.74 Å². The zero-order valence-electron chi connectivity index (χ0n) is 18.1. The summed E-state index contributed by atoms with van der Waals surface area (Å²) in [6.07, 6.45) is -1.21. The van der Waals surface area contributed by atoms with Crippen molar-refractivity contribution in [2.24, 2.45) is 23.7 Å². The Morgan fingerprint density at radius 2 is 1.63 bits per heavy atom. The second-order valence-corrected chi connectivity index (χ2v) is 12.7. The first kappa shape index (κ1) is 26.5. The Hall–Kier alpha value is -1.52. The maximum absolute atomic E-state index is 13.6. The molecule has 1 aliphatic heterocycles. The normalized spacial score (nSPS) is 36.2. The first-order chi connectivity index (χ1) is 16.1. The standard InChI is InChI=1S/C19H24F4O10S2/c20-18(21,19(22,23)35(28,29)30)5-6-31-16(24)10-3-1-2-4-11(10)17(25)32-14-9-7-12-13(8-9)34(26,27)33-15(12)14/h9-15H,1-8H2,(H,28,29,30). The van der Waals surface area contributed by atoms with Gasteiger partial charge in [-0.15, -0.1) is 0 Å². The molecule has 4 aliphatic rings. The lowest BCUT2D eigenvalue weighted by atomic mass is 9.79. The number of rotatable bonds is 8. The van der Waals surface area contributed by atoms with Gasteiger partial charge in [0.15, 0.2) is 0 Å². The van der Waals surface area contributed by atoms with Crippen molar-refractivity contribution in [1.82, 2.24) is 0 Å². The molecular formula is C19H24F4O10S2. The summed E-state index contributed by atoms with van der Waals surface area (Å²) in [6, 6.07) is 0. The van der Waals surface area contributed by atoms with Gasteiger partial charge in [0.1, 0.15) is 12.2 Å². The van der Waals surface area contributed by atoms with E-state index in [0.717, 1.165) is 0 Å². The van der Waals surface area contributed by atoms with Crippen LogP contribution in [0.1, 0.15) is 44.9 Å². The van der Waals surface area contributed by atoms with Gasteiger partial charge in [0.25, 0.3) is 10.1 Å². The number of esters is 2. The molecule has 0 aromatic rings. The van der Waals surface area contributed by atoms with Gasteiger partial charge in [-0.2, -0.15) is 34.4 Å². The van der Waals surface area contributed by atoms with Crippen molar-refractivity contribution >= 4 is 32.2 Å². The van der Waals surface area contributed by atoms with Gasteiger partial charge in [0.2, 0.25) is 0 Å². The molecule has 0 radical (unpaired) electrons. The number of alkyl halides is 4. The van der Waals surface area contributed by atoms with Gasteiger partial charge in [0, 0.05) is 11.8 Å². The lowest BCUT2D eigenvalue weighted by Gasteiger charge is -2.32. The Bertz CT molecular complexity index is 1090. The van der Waals surface area contributed by atoms with E-state index in [1.165, 1.54) is 0 Å². The minimum Gasteiger partial charge on any atom is -0.465 e. The molecule has 0 aromatic heterocycles. The molecule has 1 N–H and O–H groups in total. The molecule has 3 saturated carbocycles. The molecule has 1 heterocycles. The summed E-state index contributed by atoms with van der Waals surface area (Å²) in [6.45, 7) is -1.28. The SMILES string of the molecule is O=C(OCCC(F)(F)C(F)(F)S(=O)(=O)O)C1CCCCC1C(=O)OC1C2CC3C1OS(=O)(=O)C3C2. The predicted octanol–water partition coefficient (Wildman–Crippen LogP) is 1.89. The lowest BCUT2D eigenvalue weighted by Crippen LogP contribution is -2.47. The van der Waals surface area contributed by atoms with Crippen molar-refractivity contribution in [2.45, 2.75) is 73.6 Å². The third-order valence-electron chi connectivity index (χ3n) is 7.45. The van der Waals surface area contributed by atoms with Crippen molar-refractivity contribution in [2.75, 3.05) is 6.61 Å². The monoisotopic (exact) mass is 552 g/mol. The van der Waals surface area contributed by atoms with Crippen LogP contribution < -0.4 is 0 Å². The highest BCUT2D eigenvalue weighted by atomic mass is 32.2. The largest absolute Gasteiger partial charge is 0.465 e. The molecule has 3 aliphatic carbocycles. The Balaban J connectivity index is 1.36. The number of hydrogen-bond acceptors (Lipinski definition) is 9. The molecule has 4 fully saturated rings. The van der Waals surface area contributed by atoms with Gasteiger partial charge < -0.3 is 9.47 Å². The molecule has 200 valence electrons. The van der Waals surface area contributed by atoms with E-state index in [4.69, 9.17) is 13.5 Å². The summed E-state index contributed by atoms with van der Waals surface area (Å²) in [5, 5.41) is -6.39. The topological polar surface area (TPSA) is 150 Å². The first-order valence-corrected chi connectivity index (χ1v) is 14.0. The van der Waals surface area contributed by atoms with Crippen LogP contribution in [0.15, 0.2) is 0 Å². The fourth-order valence-electron chi connectivity index (χ4n) is 5.68. The van der Waals surface area contributed by atoms with E-state index in [1.54, 1.807) is 0 Å². The smallest absolute Gasteiger partial charge is 0.431 e. The molecule has 4 rings (SSSR count). The molecule has 0 aromatic carbocycles. The van der Waals surface area contributed by atoms with Crippen molar-refractivity contribution < 1.29 is 62.2 Å². The number of fused-ring (bicyclic) bond motifs is 1. The van der Waals surface area contributed by atoms with Gasteiger partial charge in [0.05, 0.1) is 30.1 Å². The first-order valence-electron chi connectivity index (χ1n) is 11.1. The van der Waals surface area contributed by atoms with Crippen LogP contribution in [-0.4, -0.2) is 68.6 Å². The van der Waals surface area contributed by atoms with Crippen LogP contribution in [-0.2, 0) is 43.5 Å². The summed E-state index contributed by atoms with van der Waals surface area (Å²) in [5.41, 5.74) is 0. The van der Waals surface area contributed by atoms with E-state index in [-0.39, 0.29) is 24.7 Å². The highest BCUT2D eigenvalue weighted by Gasteiger charge is 2.66. The third-order valence-corrected chi connectivity index (χ3v) is 10.2. The molecule has 7 atom stereocenters. The van der Waals surface area contributed by atoms with E-state index >= 15 is 0 Å². The Morgan fingerprint density at radius 1 is 1.03 bits per heavy atom. The summed E-state index contributed by atoms with van der Waals surface area (Å²) in [5.74, 6) is -9.68. The van der Waals surface area contributed by atoms with E-state index in [0.29, 0.717) is 25.7 Å². The zero-order chi connectivity index (χ0) is 26.0. The Kier molecular flexibility index (Phi) is 6.67. The predicted molar refractivity (Wildman–Crippen MR) is 106 cm³/mol. The van der Waals surface area contributed by atoms with Crippen LogP contribution in [0.3, 0.4) is 0 Å².